The van der Waals surface area contributed by atoms with Crippen LogP contribution in [0.4, 0.5) is 5.69 Å². The molecule has 7 heteroatoms. The number of anilines is 1. The van der Waals surface area contributed by atoms with Gasteiger partial charge in [-0.05, 0) is 43.2 Å². The van der Waals surface area contributed by atoms with Crippen molar-refractivity contribution in [1.82, 2.24) is 9.21 Å². The summed E-state index contributed by atoms with van der Waals surface area (Å²) in [4.78, 5) is 14.7. The van der Waals surface area contributed by atoms with Crippen molar-refractivity contribution >= 4 is 21.6 Å². The highest BCUT2D eigenvalue weighted by molar-refractivity contribution is 7.89. The minimum atomic E-state index is -3.58. The molecular formula is C21H25N3O3S. The maximum Gasteiger partial charge on any atom is 0.243 e. The zero-order valence-corrected chi connectivity index (χ0v) is 17.0. The lowest BCUT2D eigenvalue weighted by Crippen LogP contribution is -2.48. The summed E-state index contributed by atoms with van der Waals surface area (Å²) in [5.41, 5.74) is 1.94. The number of carbonyl (C=O) groups excluding carboxylic acids is 1. The van der Waals surface area contributed by atoms with Crippen LogP contribution in [0.3, 0.4) is 0 Å². The molecule has 2 aliphatic heterocycles. The normalized spacial score (nSPS) is 20.0. The highest BCUT2D eigenvalue weighted by Gasteiger charge is 2.39. The van der Waals surface area contributed by atoms with E-state index < -0.39 is 15.4 Å². The molecule has 0 spiro atoms. The molecule has 0 bridgehead atoms. The number of benzene rings is 2. The van der Waals surface area contributed by atoms with Gasteiger partial charge < -0.3 is 5.32 Å². The van der Waals surface area contributed by atoms with E-state index in [0.29, 0.717) is 31.9 Å². The number of piperazine rings is 1. The van der Waals surface area contributed by atoms with Crippen LogP contribution in [-0.2, 0) is 26.8 Å². The van der Waals surface area contributed by atoms with E-state index in [4.69, 9.17) is 0 Å². The number of hydrogen-bond acceptors (Lipinski definition) is 4. The van der Waals surface area contributed by atoms with Crippen LogP contribution in [-0.4, -0.2) is 49.7 Å². The van der Waals surface area contributed by atoms with Crippen molar-refractivity contribution in [3.05, 3.63) is 59.7 Å². The maximum atomic E-state index is 13.1. The summed E-state index contributed by atoms with van der Waals surface area (Å²) in [5.74, 6) is -0.105. The maximum absolute atomic E-state index is 13.1. The summed E-state index contributed by atoms with van der Waals surface area (Å²) < 4.78 is 27.8. The van der Waals surface area contributed by atoms with Crippen molar-refractivity contribution in [2.75, 3.05) is 31.5 Å². The van der Waals surface area contributed by atoms with Crippen molar-refractivity contribution in [3.63, 3.8) is 0 Å². The predicted molar refractivity (Wildman–Crippen MR) is 109 cm³/mol. The van der Waals surface area contributed by atoms with Gasteiger partial charge in [0.15, 0.2) is 0 Å². The van der Waals surface area contributed by atoms with Gasteiger partial charge in [0.05, 0.1) is 10.3 Å². The molecular weight excluding hydrogens is 374 g/mol. The van der Waals surface area contributed by atoms with E-state index in [1.165, 1.54) is 5.56 Å². The lowest BCUT2D eigenvalue weighted by molar-refractivity contribution is -0.119. The van der Waals surface area contributed by atoms with Crippen LogP contribution in [0.1, 0.15) is 25.0 Å². The molecule has 28 heavy (non-hydrogen) atoms. The Bertz CT molecular complexity index is 995. The first-order valence-electron chi connectivity index (χ1n) is 9.51. The minimum absolute atomic E-state index is 0.105. The molecule has 1 amide bonds. The van der Waals surface area contributed by atoms with Gasteiger partial charge in [0.1, 0.15) is 0 Å². The van der Waals surface area contributed by atoms with E-state index in [1.807, 2.05) is 32.0 Å². The zero-order chi connectivity index (χ0) is 19.9. The quantitative estimate of drug-likeness (QED) is 0.857. The lowest BCUT2D eigenvalue weighted by atomic mass is 9.86. The molecule has 1 fully saturated rings. The predicted octanol–water partition coefficient (Wildman–Crippen LogP) is 2.42. The Morgan fingerprint density at radius 3 is 2.36 bits per heavy atom. The number of nitrogens with one attached hydrogen (secondary N) is 1. The average Bonchev–Trinajstić information content (AvgIpc) is 2.91. The molecule has 0 unspecified atom stereocenters. The second kappa shape index (κ2) is 6.99. The Morgan fingerprint density at radius 1 is 1.00 bits per heavy atom. The summed E-state index contributed by atoms with van der Waals surface area (Å²) >= 11 is 0. The second-order valence-electron chi connectivity index (χ2n) is 7.95. The van der Waals surface area contributed by atoms with Crippen LogP contribution in [0.15, 0.2) is 53.4 Å². The molecule has 0 radical (unpaired) electrons. The molecule has 148 valence electrons. The highest BCUT2D eigenvalue weighted by Crippen LogP contribution is 2.38. The van der Waals surface area contributed by atoms with Gasteiger partial charge in [-0.25, -0.2) is 8.42 Å². The molecule has 2 aromatic rings. The Kier molecular flexibility index (Phi) is 4.77. The van der Waals surface area contributed by atoms with Crippen molar-refractivity contribution in [3.8, 4) is 0 Å². The molecule has 2 aliphatic rings. The van der Waals surface area contributed by atoms with Crippen molar-refractivity contribution < 1.29 is 13.2 Å². The van der Waals surface area contributed by atoms with Crippen LogP contribution in [0.5, 0.6) is 0 Å². The fraction of sp³-hybridized carbons (Fsp3) is 0.381. The smallest absolute Gasteiger partial charge is 0.243 e. The number of hydrogen-bond donors (Lipinski definition) is 1. The fourth-order valence-electron chi connectivity index (χ4n) is 3.83. The summed E-state index contributed by atoms with van der Waals surface area (Å²) in [5, 5.41) is 2.82. The van der Waals surface area contributed by atoms with Gasteiger partial charge in [0, 0.05) is 38.4 Å². The summed E-state index contributed by atoms with van der Waals surface area (Å²) in [6, 6.07) is 15.1. The third kappa shape index (κ3) is 3.34. The average molecular weight is 400 g/mol. The van der Waals surface area contributed by atoms with Gasteiger partial charge >= 0.3 is 0 Å². The van der Waals surface area contributed by atoms with E-state index in [2.05, 4.69) is 22.3 Å². The van der Waals surface area contributed by atoms with Gasteiger partial charge in [0.25, 0.3) is 0 Å². The number of nitrogens with zero attached hydrogens (tertiary/aromatic N) is 2. The fourth-order valence-corrected chi connectivity index (χ4v) is 5.28. The molecule has 0 saturated carbocycles. The van der Waals surface area contributed by atoms with Crippen molar-refractivity contribution in [1.29, 1.82) is 0 Å². The van der Waals surface area contributed by atoms with E-state index in [9.17, 15) is 13.2 Å². The molecule has 2 aromatic carbocycles. The first-order chi connectivity index (χ1) is 13.3. The van der Waals surface area contributed by atoms with Crippen molar-refractivity contribution in [2.24, 2.45) is 0 Å². The number of sulfonamides is 1. The number of fused-ring (bicyclic) bond motifs is 1. The monoisotopic (exact) mass is 399 g/mol. The van der Waals surface area contributed by atoms with Crippen LogP contribution in [0, 0.1) is 0 Å². The van der Waals surface area contributed by atoms with E-state index >= 15 is 0 Å². The summed E-state index contributed by atoms with van der Waals surface area (Å²) in [6.45, 7) is 6.78. The van der Waals surface area contributed by atoms with Gasteiger partial charge in [-0.15, -0.1) is 0 Å². The molecule has 0 aliphatic carbocycles. The number of amides is 1. The Balaban J connectivity index is 1.48. The van der Waals surface area contributed by atoms with Gasteiger partial charge in [-0.2, -0.15) is 4.31 Å². The number of carbonyl (C=O) groups is 1. The Morgan fingerprint density at radius 2 is 1.68 bits per heavy atom. The van der Waals surface area contributed by atoms with Crippen LogP contribution in [0.2, 0.25) is 0 Å². The van der Waals surface area contributed by atoms with Gasteiger partial charge in [0.2, 0.25) is 15.9 Å². The standard InChI is InChI=1S/C21H25N3O3S/c1-21(2)18-14-17(8-9-19(18)22-20(21)25)28(26,27)24-12-10-23(11-13-24)15-16-6-4-3-5-7-16/h3-9,14H,10-13,15H2,1-2H3,(H,22,25). The van der Waals surface area contributed by atoms with Gasteiger partial charge in [-0.3, -0.25) is 9.69 Å². The third-order valence-electron chi connectivity index (χ3n) is 5.70. The Labute approximate surface area is 166 Å². The SMILES string of the molecule is CC1(C)C(=O)Nc2ccc(S(=O)(=O)N3CCN(Cc4ccccc4)CC3)cc21. The van der Waals surface area contributed by atoms with E-state index in [1.54, 1.807) is 22.5 Å². The first-order valence-corrected chi connectivity index (χ1v) is 10.9. The molecule has 0 atom stereocenters. The third-order valence-corrected chi connectivity index (χ3v) is 7.59. The van der Waals surface area contributed by atoms with E-state index in [-0.39, 0.29) is 10.8 Å². The van der Waals surface area contributed by atoms with E-state index in [0.717, 1.165) is 12.1 Å². The second-order valence-corrected chi connectivity index (χ2v) is 9.89. The largest absolute Gasteiger partial charge is 0.325 e. The molecule has 1 N–H and O–H groups in total. The topological polar surface area (TPSA) is 69.7 Å². The molecule has 6 nitrogen and oxygen atoms in total. The minimum Gasteiger partial charge on any atom is -0.325 e. The summed E-state index contributed by atoms with van der Waals surface area (Å²) in [6.07, 6.45) is 0. The van der Waals surface area contributed by atoms with Crippen LogP contribution >= 0.6 is 0 Å². The molecule has 0 aromatic heterocycles. The molecule has 1 saturated heterocycles. The summed E-state index contributed by atoms with van der Waals surface area (Å²) in [7, 11) is -3.58. The van der Waals surface area contributed by atoms with Crippen LogP contribution in [0.25, 0.3) is 0 Å². The first kappa shape index (κ1) is 19.1. The number of rotatable bonds is 4. The zero-order valence-electron chi connectivity index (χ0n) is 16.2. The van der Waals surface area contributed by atoms with Crippen molar-refractivity contribution in [2.45, 2.75) is 30.7 Å². The molecule has 2 heterocycles. The molecule has 4 rings (SSSR count). The lowest BCUT2D eigenvalue weighted by Gasteiger charge is -2.34. The highest BCUT2D eigenvalue weighted by atomic mass is 32.2. The van der Waals surface area contributed by atoms with Crippen LogP contribution < -0.4 is 5.32 Å². The van der Waals surface area contributed by atoms with Gasteiger partial charge in [-0.1, -0.05) is 30.3 Å². The Hall–Kier alpha value is -2.22.